The molecule has 138 valence electrons. The van der Waals surface area contributed by atoms with Crippen molar-refractivity contribution in [2.45, 2.75) is 58.6 Å². The molecule has 0 saturated carbocycles. The zero-order valence-corrected chi connectivity index (χ0v) is 16.4. The lowest BCUT2D eigenvalue weighted by atomic mass is 9.89. The molecule has 26 heavy (non-hydrogen) atoms. The number of hydrogen-bond donors (Lipinski definition) is 1. The largest absolute Gasteiger partial charge is 0.481 e. The van der Waals surface area contributed by atoms with E-state index in [1.54, 1.807) is 19.1 Å². The van der Waals surface area contributed by atoms with E-state index in [0.29, 0.717) is 10.8 Å². The molecule has 1 amide bonds. The zero-order valence-electron chi connectivity index (χ0n) is 15.6. The first-order chi connectivity index (χ1) is 12.4. The molecule has 0 radical (unpaired) electrons. The molecule has 2 atom stereocenters. The van der Waals surface area contributed by atoms with Gasteiger partial charge in [-0.2, -0.15) is 0 Å². The number of benzene rings is 2. The number of amides is 1. The maximum atomic E-state index is 12.5. The van der Waals surface area contributed by atoms with Crippen LogP contribution < -0.4 is 10.1 Å². The predicted octanol–water partition coefficient (Wildman–Crippen LogP) is 5.17. The summed E-state index contributed by atoms with van der Waals surface area (Å²) in [5.74, 6) is 0.527. The Kier molecular flexibility index (Phi) is 5.87. The number of ether oxygens (including phenoxy) is 1. The van der Waals surface area contributed by atoms with E-state index in [-0.39, 0.29) is 11.9 Å². The van der Waals surface area contributed by atoms with E-state index >= 15 is 0 Å². The summed E-state index contributed by atoms with van der Waals surface area (Å²) in [7, 11) is 0. The van der Waals surface area contributed by atoms with Crippen molar-refractivity contribution in [2.24, 2.45) is 0 Å². The van der Waals surface area contributed by atoms with Gasteiger partial charge in [0, 0.05) is 5.02 Å². The second-order valence-electron chi connectivity index (χ2n) is 7.14. The van der Waals surface area contributed by atoms with Gasteiger partial charge in [-0.05, 0) is 86.9 Å². The number of fused-ring (bicyclic) bond motifs is 1. The van der Waals surface area contributed by atoms with Crippen molar-refractivity contribution in [3.8, 4) is 5.75 Å². The number of halogens is 1. The number of nitrogens with one attached hydrogen (secondary N) is 1. The van der Waals surface area contributed by atoms with Crippen molar-refractivity contribution in [2.75, 3.05) is 0 Å². The Bertz CT molecular complexity index is 803. The van der Waals surface area contributed by atoms with E-state index in [9.17, 15) is 4.79 Å². The molecule has 3 rings (SSSR count). The summed E-state index contributed by atoms with van der Waals surface area (Å²) < 4.78 is 5.77. The van der Waals surface area contributed by atoms with E-state index in [1.807, 2.05) is 19.9 Å². The number of hydrogen-bond acceptors (Lipinski definition) is 2. The van der Waals surface area contributed by atoms with Gasteiger partial charge in [0.15, 0.2) is 6.10 Å². The number of carbonyl (C=O) groups is 1. The van der Waals surface area contributed by atoms with E-state index in [1.165, 1.54) is 30.4 Å². The molecular formula is C22H26ClNO2. The highest BCUT2D eigenvalue weighted by molar-refractivity contribution is 6.31. The third-order valence-corrected chi connectivity index (χ3v) is 5.47. The quantitative estimate of drug-likeness (QED) is 0.787. The Balaban J connectivity index is 1.62. The highest BCUT2D eigenvalue weighted by atomic mass is 35.5. The number of aryl methyl sites for hydroxylation is 3. The average Bonchev–Trinajstić information content (AvgIpc) is 2.64. The van der Waals surface area contributed by atoms with Gasteiger partial charge in [0.25, 0.3) is 5.91 Å². The predicted molar refractivity (Wildman–Crippen MR) is 106 cm³/mol. The molecule has 1 aliphatic rings. The Labute approximate surface area is 160 Å². The minimum Gasteiger partial charge on any atom is -0.481 e. The van der Waals surface area contributed by atoms with E-state index in [2.05, 4.69) is 23.5 Å². The summed E-state index contributed by atoms with van der Waals surface area (Å²) >= 11 is 6.03. The van der Waals surface area contributed by atoms with Crippen molar-refractivity contribution in [1.82, 2.24) is 5.32 Å². The van der Waals surface area contributed by atoms with E-state index in [0.717, 1.165) is 17.5 Å². The fraction of sp³-hybridized carbons (Fsp3) is 0.409. The molecule has 0 spiro atoms. The fourth-order valence-corrected chi connectivity index (χ4v) is 3.50. The minimum absolute atomic E-state index is 0.0484. The monoisotopic (exact) mass is 371 g/mol. The summed E-state index contributed by atoms with van der Waals surface area (Å²) in [4.78, 5) is 12.5. The van der Waals surface area contributed by atoms with Crippen molar-refractivity contribution in [3.63, 3.8) is 0 Å². The van der Waals surface area contributed by atoms with E-state index in [4.69, 9.17) is 16.3 Å². The minimum atomic E-state index is -0.573. The molecule has 0 saturated heterocycles. The highest BCUT2D eigenvalue weighted by Gasteiger charge is 2.19. The summed E-state index contributed by atoms with van der Waals surface area (Å²) in [6.45, 7) is 5.69. The molecule has 0 fully saturated rings. The zero-order chi connectivity index (χ0) is 18.7. The SMILES string of the molecule is Cc1cc(O[C@@H](C)C(=O)N[C@@H](C)c2ccc3c(c2)CCCC3)ccc1Cl. The van der Waals surface area contributed by atoms with Gasteiger partial charge < -0.3 is 10.1 Å². The lowest BCUT2D eigenvalue weighted by Gasteiger charge is -2.22. The summed E-state index contributed by atoms with van der Waals surface area (Å²) in [6.07, 6.45) is 4.26. The molecular weight excluding hydrogens is 346 g/mol. The van der Waals surface area contributed by atoms with Crippen LogP contribution in [0.3, 0.4) is 0 Å². The molecule has 1 N–H and O–H groups in total. The van der Waals surface area contributed by atoms with Gasteiger partial charge >= 0.3 is 0 Å². The second kappa shape index (κ2) is 8.13. The van der Waals surface area contributed by atoms with Crippen LogP contribution in [0.1, 0.15) is 55.0 Å². The highest BCUT2D eigenvalue weighted by Crippen LogP contribution is 2.25. The summed E-state index contributed by atoms with van der Waals surface area (Å²) in [5, 5.41) is 3.75. The second-order valence-corrected chi connectivity index (χ2v) is 7.54. The van der Waals surface area contributed by atoms with Crippen molar-refractivity contribution in [3.05, 3.63) is 63.7 Å². The molecule has 0 heterocycles. The van der Waals surface area contributed by atoms with Gasteiger partial charge in [-0.1, -0.05) is 29.8 Å². The number of rotatable bonds is 5. The standard InChI is InChI=1S/C22H26ClNO2/c1-14-12-20(10-11-21(14)23)26-16(3)22(25)24-15(2)18-9-8-17-6-4-5-7-19(17)13-18/h8-13,15-16H,4-7H2,1-3H3,(H,24,25)/t15-,16-/m0/s1. The maximum Gasteiger partial charge on any atom is 0.261 e. The smallest absolute Gasteiger partial charge is 0.261 e. The average molecular weight is 372 g/mol. The van der Waals surface area contributed by atoms with Crippen LogP contribution in [0.25, 0.3) is 0 Å². The Morgan fingerprint density at radius 3 is 2.54 bits per heavy atom. The van der Waals surface area contributed by atoms with Gasteiger partial charge in [0.2, 0.25) is 0 Å². The molecule has 4 heteroatoms. The molecule has 0 unspecified atom stereocenters. The van der Waals surface area contributed by atoms with Crippen LogP contribution in [0.15, 0.2) is 36.4 Å². The summed E-state index contributed by atoms with van der Waals surface area (Å²) in [6, 6.07) is 11.9. The van der Waals surface area contributed by atoms with Crippen molar-refractivity contribution >= 4 is 17.5 Å². The first kappa shape index (κ1) is 18.8. The molecule has 0 bridgehead atoms. The third-order valence-electron chi connectivity index (χ3n) is 5.04. The first-order valence-corrected chi connectivity index (χ1v) is 9.66. The van der Waals surface area contributed by atoms with Gasteiger partial charge in [-0.15, -0.1) is 0 Å². The molecule has 0 aromatic heterocycles. The van der Waals surface area contributed by atoms with Gasteiger partial charge in [0.1, 0.15) is 5.75 Å². The Hall–Kier alpha value is -2.00. The van der Waals surface area contributed by atoms with Gasteiger partial charge in [-0.25, -0.2) is 0 Å². The van der Waals surface area contributed by atoms with Crippen LogP contribution in [0.4, 0.5) is 0 Å². The van der Waals surface area contributed by atoms with Crippen LogP contribution in [0, 0.1) is 6.92 Å². The van der Waals surface area contributed by atoms with Crippen LogP contribution in [0.2, 0.25) is 5.02 Å². The number of carbonyl (C=O) groups excluding carboxylic acids is 1. The Morgan fingerprint density at radius 2 is 1.81 bits per heavy atom. The van der Waals surface area contributed by atoms with Crippen LogP contribution >= 0.6 is 11.6 Å². The molecule has 3 nitrogen and oxygen atoms in total. The molecule has 1 aliphatic carbocycles. The lowest BCUT2D eigenvalue weighted by molar-refractivity contribution is -0.127. The third kappa shape index (κ3) is 4.39. The van der Waals surface area contributed by atoms with Crippen LogP contribution in [-0.2, 0) is 17.6 Å². The van der Waals surface area contributed by atoms with Crippen molar-refractivity contribution in [1.29, 1.82) is 0 Å². The molecule has 2 aromatic rings. The first-order valence-electron chi connectivity index (χ1n) is 9.29. The van der Waals surface area contributed by atoms with Crippen LogP contribution in [0.5, 0.6) is 5.75 Å². The topological polar surface area (TPSA) is 38.3 Å². The van der Waals surface area contributed by atoms with Gasteiger partial charge in [-0.3, -0.25) is 4.79 Å². The van der Waals surface area contributed by atoms with Gasteiger partial charge in [0.05, 0.1) is 6.04 Å². The normalized spacial score (nSPS) is 15.7. The fourth-order valence-electron chi connectivity index (χ4n) is 3.38. The molecule has 0 aliphatic heterocycles. The molecule has 2 aromatic carbocycles. The summed E-state index contributed by atoms with van der Waals surface area (Å²) in [5.41, 5.74) is 4.96. The maximum absolute atomic E-state index is 12.5. The van der Waals surface area contributed by atoms with Crippen molar-refractivity contribution < 1.29 is 9.53 Å². The Morgan fingerprint density at radius 1 is 1.08 bits per heavy atom. The van der Waals surface area contributed by atoms with Crippen LogP contribution in [-0.4, -0.2) is 12.0 Å². The lowest BCUT2D eigenvalue weighted by Crippen LogP contribution is -2.37. The van der Waals surface area contributed by atoms with E-state index < -0.39 is 6.10 Å².